The minimum absolute atomic E-state index is 0.0503. The van der Waals surface area contributed by atoms with E-state index in [1.165, 1.54) is 6.42 Å². The quantitative estimate of drug-likeness (QED) is 0.475. The van der Waals surface area contributed by atoms with Crippen LogP contribution in [0.2, 0.25) is 0 Å². The summed E-state index contributed by atoms with van der Waals surface area (Å²) in [6.07, 6.45) is 3.46. The minimum atomic E-state index is 0.0503. The van der Waals surface area contributed by atoms with Gasteiger partial charge >= 0.3 is 5.97 Å². The smallest absolute Gasteiger partial charge is 0.309 e. The maximum Gasteiger partial charge on any atom is 0.309 e. The van der Waals surface area contributed by atoms with Gasteiger partial charge in [0.15, 0.2) is 0 Å². The molecular formula is C8H12O2. The Balaban J connectivity index is 2.15. The predicted octanol–water partition coefficient (Wildman–Crippen LogP) is 1.35. The zero-order chi connectivity index (χ0) is 7.14. The highest BCUT2D eigenvalue weighted by Gasteiger charge is 2.41. The van der Waals surface area contributed by atoms with Crippen molar-refractivity contribution in [2.24, 2.45) is 11.8 Å². The van der Waals surface area contributed by atoms with Crippen LogP contribution in [-0.4, -0.2) is 12.1 Å². The third-order valence-corrected chi connectivity index (χ3v) is 2.72. The van der Waals surface area contributed by atoms with Crippen LogP contribution >= 0.6 is 0 Å². The van der Waals surface area contributed by atoms with E-state index in [0.29, 0.717) is 5.92 Å². The van der Waals surface area contributed by atoms with Crippen LogP contribution < -0.4 is 0 Å². The van der Waals surface area contributed by atoms with Crippen LogP contribution in [-0.2, 0) is 9.53 Å². The van der Waals surface area contributed by atoms with E-state index in [2.05, 4.69) is 6.92 Å². The number of esters is 1. The Hall–Kier alpha value is -0.530. The Labute approximate surface area is 60.6 Å². The molecule has 1 heterocycles. The molecule has 1 aliphatic heterocycles. The molecule has 1 saturated carbocycles. The summed E-state index contributed by atoms with van der Waals surface area (Å²) in [7, 11) is 0. The SMILES string of the molecule is C[C@@H]1CCC2CC1OC2=O. The van der Waals surface area contributed by atoms with Crippen LogP contribution in [0.4, 0.5) is 0 Å². The van der Waals surface area contributed by atoms with Crippen molar-refractivity contribution in [3.8, 4) is 0 Å². The van der Waals surface area contributed by atoms with E-state index in [0.717, 1.165) is 12.8 Å². The fourth-order valence-corrected chi connectivity index (χ4v) is 1.90. The molecule has 0 N–H and O–H groups in total. The first kappa shape index (κ1) is 6.20. The molecule has 3 atom stereocenters. The first-order valence-electron chi connectivity index (χ1n) is 3.98. The van der Waals surface area contributed by atoms with Gasteiger partial charge in [-0.3, -0.25) is 4.79 Å². The van der Waals surface area contributed by atoms with Crippen molar-refractivity contribution in [2.75, 3.05) is 0 Å². The average molecular weight is 140 g/mol. The van der Waals surface area contributed by atoms with Crippen molar-refractivity contribution in [3.05, 3.63) is 0 Å². The molecule has 2 nitrogen and oxygen atoms in total. The third kappa shape index (κ3) is 0.746. The number of rotatable bonds is 0. The molecule has 0 aromatic heterocycles. The fraction of sp³-hybridized carbons (Fsp3) is 0.875. The van der Waals surface area contributed by atoms with E-state index in [1.54, 1.807) is 0 Å². The molecule has 0 spiro atoms. The van der Waals surface area contributed by atoms with Crippen LogP contribution in [0, 0.1) is 11.8 Å². The lowest BCUT2D eigenvalue weighted by atomic mass is 9.83. The van der Waals surface area contributed by atoms with Crippen LogP contribution in [0.5, 0.6) is 0 Å². The number of fused-ring (bicyclic) bond motifs is 2. The summed E-state index contributed by atoms with van der Waals surface area (Å²) < 4.78 is 5.16. The summed E-state index contributed by atoms with van der Waals surface area (Å²) in [6, 6.07) is 0. The van der Waals surface area contributed by atoms with Gasteiger partial charge in [-0.25, -0.2) is 0 Å². The summed E-state index contributed by atoms with van der Waals surface area (Å²) in [5, 5.41) is 0. The molecular weight excluding hydrogens is 128 g/mol. The molecule has 0 aromatic carbocycles. The first-order chi connectivity index (χ1) is 4.77. The molecule has 56 valence electrons. The summed E-state index contributed by atoms with van der Waals surface area (Å²) in [4.78, 5) is 11.0. The monoisotopic (exact) mass is 140 g/mol. The molecule has 1 aliphatic carbocycles. The van der Waals surface area contributed by atoms with Crippen LogP contribution in [0.25, 0.3) is 0 Å². The molecule has 1 saturated heterocycles. The second-order valence-electron chi connectivity index (χ2n) is 3.46. The number of carbonyl (C=O) groups excluding carboxylic acids is 1. The van der Waals surface area contributed by atoms with Crippen molar-refractivity contribution >= 4 is 5.97 Å². The number of hydrogen-bond donors (Lipinski definition) is 0. The van der Waals surface area contributed by atoms with Gasteiger partial charge in [0.05, 0.1) is 5.92 Å². The highest BCUT2D eigenvalue weighted by Crippen LogP contribution is 2.37. The largest absolute Gasteiger partial charge is 0.462 e. The fourth-order valence-electron chi connectivity index (χ4n) is 1.90. The van der Waals surface area contributed by atoms with Crippen molar-refractivity contribution < 1.29 is 9.53 Å². The lowest BCUT2D eigenvalue weighted by molar-refractivity contribution is -0.144. The second-order valence-corrected chi connectivity index (χ2v) is 3.46. The second kappa shape index (κ2) is 1.97. The molecule has 2 fully saturated rings. The van der Waals surface area contributed by atoms with Gasteiger partial charge in [0.2, 0.25) is 0 Å². The lowest BCUT2D eigenvalue weighted by Gasteiger charge is -2.21. The molecule has 10 heavy (non-hydrogen) atoms. The molecule has 0 radical (unpaired) electrons. The van der Waals surface area contributed by atoms with Crippen molar-refractivity contribution in [3.63, 3.8) is 0 Å². The van der Waals surface area contributed by atoms with E-state index in [-0.39, 0.29) is 18.0 Å². The summed E-state index contributed by atoms with van der Waals surface area (Å²) in [5.41, 5.74) is 0. The zero-order valence-corrected chi connectivity index (χ0v) is 6.17. The summed E-state index contributed by atoms with van der Waals surface area (Å²) in [6.45, 7) is 2.17. The van der Waals surface area contributed by atoms with E-state index in [1.807, 2.05) is 0 Å². The van der Waals surface area contributed by atoms with Crippen LogP contribution in [0.3, 0.4) is 0 Å². The van der Waals surface area contributed by atoms with Gasteiger partial charge in [-0.05, 0) is 25.2 Å². The van der Waals surface area contributed by atoms with E-state index in [4.69, 9.17) is 4.74 Å². The third-order valence-electron chi connectivity index (χ3n) is 2.72. The summed E-state index contributed by atoms with van der Waals surface area (Å²) >= 11 is 0. The minimum Gasteiger partial charge on any atom is -0.462 e. The van der Waals surface area contributed by atoms with E-state index < -0.39 is 0 Å². The molecule has 2 heteroatoms. The maximum absolute atomic E-state index is 11.0. The number of carbonyl (C=O) groups is 1. The maximum atomic E-state index is 11.0. The first-order valence-corrected chi connectivity index (χ1v) is 3.98. The Kier molecular flexibility index (Phi) is 1.22. The van der Waals surface area contributed by atoms with Gasteiger partial charge in [-0.15, -0.1) is 0 Å². The molecule has 2 bridgehead atoms. The van der Waals surface area contributed by atoms with Gasteiger partial charge in [0.25, 0.3) is 0 Å². The van der Waals surface area contributed by atoms with Gasteiger partial charge in [-0.1, -0.05) is 6.92 Å². The normalized spacial score (nSPS) is 45.3. The Morgan fingerprint density at radius 1 is 1.50 bits per heavy atom. The van der Waals surface area contributed by atoms with E-state index >= 15 is 0 Å². The molecule has 0 aromatic rings. The molecule has 0 amide bonds. The number of ether oxygens (including phenoxy) is 1. The molecule has 2 unspecified atom stereocenters. The zero-order valence-electron chi connectivity index (χ0n) is 6.17. The highest BCUT2D eigenvalue weighted by molar-refractivity contribution is 5.75. The average Bonchev–Trinajstić information content (AvgIpc) is 2.21. The standard InChI is InChI=1S/C8H12O2/c1-5-2-3-6-4-7(5)10-8(6)9/h5-7H,2-4H2,1H3/t5-,6?,7?/m1/s1. The van der Waals surface area contributed by atoms with Crippen LogP contribution in [0.15, 0.2) is 0 Å². The van der Waals surface area contributed by atoms with Gasteiger partial charge in [0, 0.05) is 0 Å². The number of hydrogen-bond acceptors (Lipinski definition) is 2. The van der Waals surface area contributed by atoms with Gasteiger partial charge < -0.3 is 4.74 Å². The Morgan fingerprint density at radius 2 is 2.30 bits per heavy atom. The summed E-state index contributed by atoms with van der Waals surface area (Å²) in [5.74, 6) is 0.901. The predicted molar refractivity (Wildman–Crippen MR) is 36.4 cm³/mol. The van der Waals surface area contributed by atoms with Crippen LogP contribution in [0.1, 0.15) is 26.2 Å². The van der Waals surface area contributed by atoms with Crippen molar-refractivity contribution in [1.82, 2.24) is 0 Å². The van der Waals surface area contributed by atoms with Gasteiger partial charge in [-0.2, -0.15) is 0 Å². The Bertz CT molecular complexity index is 165. The molecule has 2 rings (SSSR count). The van der Waals surface area contributed by atoms with Gasteiger partial charge in [0.1, 0.15) is 6.10 Å². The highest BCUT2D eigenvalue weighted by atomic mass is 16.6. The Morgan fingerprint density at radius 3 is 3.00 bits per heavy atom. The van der Waals surface area contributed by atoms with E-state index in [9.17, 15) is 4.79 Å². The molecule has 2 aliphatic rings. The topological polar surface area (TPSA) is 26.3 Å². The van der Waals surface area contributed by atoms with Crippen molar-refractivity contribution in [2.45, 2.75) is 32.3 Å². The van der Waals surface area contributed by atoms with Crippen molar-refractivity contribution in [1.29, 1.82) is 0 Å². The lowest BCUT2D eigenvalue weighted by Crippen LogP contribution is -2.20.